The Hall–Kier alpha value is -3.80. The van der Waals surface area contributed by atoms with E-state index in [1.807, 2.05) is 36.4 Å². The molecule has 0 saturated heterocycles. The Bertz CT molecular complexity index is 1260. The van der Waals surface area contributed by atoms with Crippen molar-refractivity contribution in [3.8, 4) is 11.5 Å². The van der Waals surface area contributed by atoms with Gasteiger partial charge in [0, 0.05) is 18.5 Å². The van der Waals surface area contributed by atoms with Crippen molar-refractivity contribution in [2.24, 2.45) is 0 Å². The average molecular weight is 458 g/mol. The smallest absolute Gasteiger partial charge is 0.251 e. The van der Waals surface area contributed by atoms with Gasteiger partial charge in [-0.25, -0.2) is 4.98 Å². The van der Waals surface area contributed by atoms with Crippen LogP contribution in [0.5, 0.6) is 11.5 Å². The molecule has 1 N–H and O–H groups in total. The van der Waals surface area contributed by atoms with Crippen LogP contribution in [0.4, 0.5) is 0 Å². The second-order valence-corrected chi connectivity index (χ2v) is 8.33. The molecule has 1 amide bonds. The lowest BCUT2D eigenvalue weighted by atomic mass is 10.1. The number of fused-ring (bicyclic) bond motifs is 1. The fraction of sp³-hybridized carbons (Fsp3) is 0.286. The molecule has 0 saturated carbocycles. The number of carbonyl (C=O) groups excluding carboxylic acids is 1. The van der Waals surface area contributed by atoms with Crippen LogP contribution in [0.15, 0.2) is 66.7 Å². The minimum absolute atomic E-state index is 0.102. The topological polar surface area (TPSA) is 65.4 Å². The van der Waals surface area contributed by atoms with Gasteiger partial charge in [-0.05, 0) is 61.7 Å². The molecule has 0 atom stereocenters. The normalized spacial score (nSPS) is 10.9. The molecule has 34 heavy (non-hydrogen) atoms. The monoisotopic (exact) mass is 457 g/mol. The van der Waals surface area contributed by atoms with Gasteiger partial charge in [-0.2, -0.15) is 0 Å². The van der Waals surface area contributed by atoms with E-state index in [2.05, 4.69) is 41.9 Å². The lowest BCUT2D eigenvalue weighted by molar-refractivity contribution is 0.0953. The maximum atomic E-state index is 12.5. The number of nitrogens with zero attached hydrogens (tertiary/aromatic N) is 2. The number of amides is 1. The lowest BCUT2D eigenvalue weighted by Gasteiger charge is -2.14. The van der Waals surface area contributed by atoms with Gasteiger partial charge >= 0.3 is 0 Å². The lowest BCUT2D eigenvalue weighted by Crippen LogP contribution is -2.25. The van der Waals surface area contributed by atoms with Crippen molar-refractivity contribution in [2.45, 2.75) is 33.2 Å². The van der Waals surface area contributed by atoms with E-state index >= 15 is 0 Å². The molecular weight excluding hydrogens is 426 g/mol. The molecular formula is C28H31N3O3. The van der Waals surface area contributed by atoms with Crippen LogP contribution in [-0.4, -0.2) is 35.7 Å². The van der Waals surface area contributed by atoms with Crippen LogP contribution in [0, 0.1) is 13.8 Å². The number of aryl methyl sites for hydroxylation is 3. The van der Waals surface area contributed by atoms with E-state index in [9.17, 15) is 4.79 Å². The average Bonchev–Trinajstić information content (AvgIpc) is 3.21. The van der Waals surface area contributed by atoms with Crippen molar-refractivity contribution in [1.29, 1.82) is 0 Å². The molecule has 0 aliphatic heterocycles. The van der Waals surface area contributed by atoms with Gasteiger partial charge in [0.25, 0.3) is 5.91 Å². The zero-order valence-corrected chi connectivity index (χ0v) is 20.0. The minimum Gasteiger partial charge on any atom is -0.497 e. The number of rotatable bonds is 10. The summed E-state index contributed by atoms with van der Waals surface area (Å²) in [6.07, 6.45) is 1.55. The molecule has 0 aliphatic carbocycles. The molecule has 4 aromatic rings. The molecule has 6 nitrogen and oxygen atoms in total. The molecule has 4 rings (SSSR count). The van der Waals surface area contributed by atoms with Crippen LogP contribution in [0.2, 0.25) is 0 Å². The highest BCUT2D eigenvalue weighted by Gasteiger charge is 2.12. The third-order valence-electron chi connectivity index (χ3n) is 5.90. The molecule has 3 aromatic carbocycles. The molecule has 0 radical (unpaired) electrons. The standard InChI is InChI=1S/C28H31N3O3/c1-20-9-6-10-21(2)27(20)34-18-17-31-25-14-5-4-13-24(25)30-26(31)15-8-16-29-28(32)22-11-7-12-23(19-22)33-3/h4-7,9-14,19H,8,15-18H2,1-3H3,(H,29,32). The number of imidazole rings is 1. The van der Waals surface area contributed by atoms with E-state index in [1.54, 1.807) is 19.2 Å². The van der Waals surface area contributed by atoms with E-state index < -0.39 is 0 Å². The van der Waals surface area contributed by atoms with E-state index in [0.29, 0.717) is 31.0 Å². The number of hydrogen-bond acceptors (Lipinski definition) is 4. The number of nitrogens with one attached hydrogen (secondary N) is 1. The molecule has 0 spiro atoms. The maximum absolute atomic E-state index is 12.5. The Morgan fingerprint density at radius 3 is 2.56 bits per heavy atom. The summed E-state index contributed by atoms with van der Waals surface area (Å²) < 4.78 is 13.6. The molecule has 0 fully saturated rings. The van der Waals surface area contributed by atoms with Gasteiger partial charge in [-0.1, -0.05) is 36.4 Å². The molecule has 1 heterocycles. The van der Waals surface area contributed by atoms with Gasteiger partial charge in [0.05, 0.1) is 24.7 Å². The maximum Gasteiger partial charge on any atom is 0.251 e. The first-order chi connectivity index (χ1) is 16.6. The Labute approximate surface area is 200 Å². The Balaban J connectivity index is 1.38. The van der Waals surface area contributed by atoms with Crippen molar-refractivity contribution in [1.82, 2.24) is 14.9 Å². The van der Waals surface area contributed by atoms with Crippen LogP contribution in [0.25, 0.3) is 11.0 Å². The number of benzene rings is 3. The quantitative estimate of drug-likeness (QED) is 0.336. The zero-order chi connectivity index (χ0) is 23.9. The van der Waals surface area contributed by atoms with Gasteiger partial charge in [0.2, 0.25) is 0 Å². The highest BCUT2D eigenvalue weighted by molar-refractivity contribution is 5.94. The third kappa shape index (κ3) is 5.39. The third-order valence-corrected chi connectivity index (χ3v) is 5.90. The summed E-state index contributed by atoms with van der Waals surface area (Å²) in [7, 11) is 1.59. The van der Waals surface area contributed by atoms with Crippen LogP contribution in [-0.2, 0) is 13.0 Å². The SMILES string of the molecule is COc1cccc(C(=O)NCCCc2nc3ccccc3n2CCOc2c(C)cccc2C)c1. The van der Waals surface area contributed by atoms with Crippen LogP contribution in [0.3, 0.4) is 0 Å². The van der Waals surface area contributed by atoms with Crippen molar-refractivity contribution in [3.63, 3.8) is 0 Å². The van der Waals surface area contributed by atoms with Gasteiger partial charge in [-0.3, -0.25) is 4.79 Å². The number of ether oxygens (including phenoxy) is 2. The Morgan fingerprint density at radius 1 is 1.00 bits per heavy atom. The summed E-state index contributed by atoms with van der Waals surface area (Å²) in [5.74, 6) is 2.52. The Kier molecular flexibility index (Phi) is 7.48. The second-order valence-electron chi connectivity index (χ2n) is 8.33. The fourth-order valence-corrected chi connectivity index (χ4v) is 4.15. The predicted octanol–water partition coefficient (Wildman–Crippen LogP) is 5.10. The molecule has 1 aromatic heterocycles. The number of carbonyl (C=O) groups is 1. The van der Waals surface area contributed by atoms with Gasteiger partial charge < -0.3 is 19.4 Å². The first-order valence-electron chi connectivity index (χ1n) is 11.6. The number of methoxy groups -OCH3 is 1. The largest absolute Gasteiger partial charge is 0.497 e. The van der Waals surface area contributed by atoms with Gasteiger partial charge in [0.1, 0.15) is 23.9 Å². The summed E-state index contributed by atoms with van der Waals surface area (Å²) >= 11 is 0. The van der Waals surface area contributed by atoms with Crippen molar-refractivity contribution in [2.75, 3.05) is 20.3 Å². The van der Waals surface area contributed by atoms with E-state index in [-0.39, 0.29) is 5.91 Å². The van der Waals surface area contributed by atoms with Crippen molar-refractivity contribution in [3.05, 3.63) is 89.2 Å². The summed E-state index contributed by atoms with van der Waals surface area (Å²) in [5.41, 5.74) is 4.95. The fourth-order valence-electron chi connectivity index (χ4n) is 4.15. The summed E-state index contributed by atoms with van der Waals surface area (Å²) in [6, 6.07) is 21.5. The Morgan fingerprint density at radius 2 is 1.76 bits per heavy atom. The van der Waals surface area contributed by atoms with Crippen LogP contribution >= 0.6 is 0 Å². The molecule has 176 valence electrons. The van der Waals surface area contributed by atoms with Crippen molar-refractivity contribution >= 4 is 16.9 Å². The van der Waals surface area contributed by atoms with Crippen LogP contribution in [0.1, 0.15) is 33.7 Å². The first-order valence-corrected chi connectivity index (χ1v) is 11.6. The molecule has 6 heteroatoms. The van der Waals surface area contributed by atoms with Crippen molar-refractivity contribution < 1.29 is 14.3 Å². The highest BCUT2D eigenvalue weighted by atomic mass is 16.5. The van der Waals surface area contributed by atoms with E-state index in [1.165, 1.54) is 0 Å². The zero-order valence-electron chi connectivity index (χ0n) is 20.0. The highest BCUT2D eigenvalue weighted by Crippen LogP contribution is 2.23. The number of aromatic nitrogens is 2. The van der Waals surface area contributed by atoms with E-state index in [0.717, 1.165) is 46.6 Å². The predicted molar refractivity (Wildman–Crippen MR) is 135 cm³/mol. The minimum atomic E-state index is -0.102. The van der Waals surface area contributed by atoms with Crippen LogP contribution < -0.4 is 14.8 Å². The number of hydrogen-bond donors (Lipinski definition) is 1. The number of para-hydroxylation sites is 3. The summed E-state index contributed by atoms with van der Waals surface area (Å²) in [6.45, 7) is 5.98. The molecule has 0 bridgehead atoms. The first kappa shape index (κ1) is 23.4. The molecule has 0 aliphatic rings. The van der Waals surface area contributed by atoms with Gasteiger partial charge in [-0.15, -0.1) is 0 Å². The summed E-state index contributed by atoms with van der Waals surface area (Å²) in [5, 5.41) is 2.99. The summed E-state index contributed by atoms with van der Waals surface area (Å²) in [4.78, 5) is 17.3. The van der Waals surface area contributed by atoms with E-state index in [4.69, 9.17) is 14.5 Å². The van der Waals surface area contributed by atoms with Gasteiger partial charge in [0.15, 0.2) is 0 Å². The second kappa shape index (κ2) is 10.9. The molecule has 0 unspecified atom stereocenters.